The molecule has 37 heavy (non-hydrogen) atoms. The molecule has 1 aromatic rings. The molecule has 4 aliphatic rings. The summed E-state index contributed by atoms with van der Waals surface area (Å²) in [4.78, 5) is 24.7. The van der Waals surface area contributed by atoms with Crippen LogP contribution in [0.3, 0.4) is 0 Å². The Kier molecular flexibility index (Phi) is 7.51. The summed E-state index contributed by atoms with van der Waals surface area (Å²) >= 11 is 0. The van der Waals surface area contributed by atoms with Gasteiger partial charge in [-0.25, -0.2) is 4.79 Å². The number of ether oxygens (including phenoxy) is 2. The average molecular weight is 503 g/mol. The van der Waals surface area contributed by atoms with Crippen LogP contribution in [-0.4, -0.2) is 72.9 Å². The summed E-state index contributed by atoms with van der Waals surface area (Å²) in [7, 11) is 3.36. The molecule has 196 valence electrons. The number of carbonyl (C=O) groups is 1. The number of rotatable bonds is 5. The number of carbonyl (C=O) groups excluding carboxylic acids is 1. The van der Waals surface area contributed by atoms with E-state index in [1.54, 1.807) is 14.2 Å². The number of nitrogens with zero attached hydrogens (tertiary/aromatic N) is 4. The largest absolute Gasteiger partial charge is 0.497 e. The molecule has 0 atom stereocenters. The number of hydrogen-bond acceptors (Lipinski definition) is 5. The Morgan fingerprint density at radius 2 is 1.92 bits per heavy atom. The molecule has 0 bridgehead atoms. The Morgan fingerprint density at radius 3 is 2.68 bits per heavy atom. The van der Waals surface area contributed by atoms with Gasteiger partial charge in [0.15, 0.2) is 0 Å². The number of amides is 2. The summed E-state index contributed by atoms with van der Waals surface area (Å²) in [6, 6.07) is 4.10. The molecule has 4 heterocycles. The van der Waals surface area contributed by atoms with Crippen molar-refractivity contribution in [1.29, 1.82) is 0 Å². The molecular weight excluding hydrogens is 464 g/mol. The zero-order valence-corrected chi connectivity index (χ0v) is 22.3. The molecule has 4 aliphatic heterocycles. The second-order valence-electron chi connectivity index (χ2n) is 10.1. The van der Waals surface area contributed by atoms with Crippen LogP contribution in [0.1, 0.15) is 43.7 Å². The van der Waals surface area contributed by atoms with Crippen LogP contribution in [0.5, 0.6) is 11.5 Å². The number of likely N-dealkylation sites (N-methyl/N-ethyl adjacent to an activating group) is 1. The van der Waals surface area contributed by atoms with Gasteiger partial charge in [0.25, 0.3) is 0 Å². The summed E-state index contributed by atoms with van der Waals surface area (Å²) in [6.07, 6.45) is 19.2. The second kappa shape index (κ2) is 11.0. The van der Waals surface area contributed by atoms with E-state index >= 15 is 0 Å². The van der Waals surface area contributed by atoms with Gasteiger partial charge in [0.1, 0.15) is 11.5 Å². The second-order valence-corrected chi connectivity index (χ2v) is 10.1. The Bertz CT molecular complexity index is 1170. The fraction of sp³-hybridized carbons (Fsp3) is 0.467. The minimum atomic E-state index is -0.249. The number of urea groups is 1. The Balaban J connectivity index is 1.37. The standard InChI is InChI=1S/C30H38N4O3/c1-4-34-29(35)33-22-24-19-25(36-2)20-27(37-3)26(24)11-12-28(33)30(34)13-17-32(18-14-30)21-23-9-6-5-7-15-31-16-8-10-23/h5-6,8-9,12,15-16,19-20H,4,7,10-11,13-14,17-18,21-22H2,1-3H3/b6-5-,16-8-,23-9+,31-15-. The maximum Gasteiger partial charge on any atom is 0.325 e. The van der Waals surface area contributed by atoms with Gasteiger partial charge in [-0.3, -0.25) is 14.8 Å². The quantitative estimate of drug-likeness (QED) is 0.562. The third kappa shape index (κ3) is 4.85. The summed E-state index contributed by atoms with van der Waals surface area (Å²) in [5.41, 5.74) is 4.54. The molecule has 0 saturated carbocycles. The number of piperidine rings is 1. The van der Waals surface area contributed by atoms with E-state index in [0.29, 0.717) is 13.1 Å². The molecule has 0 aromatic heterocycles. The van der Waals surface area contributed by atoms with Crippen LogP contribution >= 0.6 is 0 Å². The monoisotopic (exact) mass is 502 g/mol. The van der Waals surface area contributed by atoms with Gasteiger partial charge in [-0.2, -0.15) is 0 Å². The highest BCUT2D eigenvalue weighted by Crippen LogP contribution is 2.46. The minimum Gasteiger partial charge on any atom is -0.497 e. The minimum absolute atomic E-state index is 0.114. The zero-order chi connectivity index (χ0) is 25.8. The van der Waals surface area contributed by atoms with Crippen molar-refractivity contribution in [1.82, 2.24) is 14.7 Å². The fourth-order valence-corrected chi connectivity index (χ4v) is 6.24. The first-order chi connectivity index (χ1) is 18.1. The molecule has 1 spiro atoms. The number of fused-ring (bicyclic) bond motifs is 3. The van der Waals surface area contributed by atoms with E-state index in [0.717, 1.165) is 80.1 Å². The van der Waals surface area contributed by atoms with E-state index in [9.17, 15) is 4.79 Å². The average Bonchev–Trinajstić information content (AvgIpc) is 3.03. The third-order valence-corrected chi connectivity index (χ3v) is 8.12. The summed E-state index contributed by atoms with van der Waals surface area (Å²) in [6.45, 7) is 6.22. The van der Waals surface area contributed by atoms with Crippen LogP contribution in [-0.2, 0) is 13.0 Å². The van der Waals surface area contributed by atoms with Crippen LogP contribution in [0.2, 0.25) is 0 Å². The van der Waals surface area contributed by atoms with Crippen molar-refractivity contribution in [3.63, 3.8) is 0 Å². The van der Waals surface area contributed by atoms with Gasteiger partial charge in [0, 0.05) is 62.3 Å². The number of allylic oxidation sites excluding steroid dienone is 5. The summed E-state index contributed by atoms with van der Waals surface area (Å²) in [5.74, 6) is 1.58. The Morgan fingerprint density at radius 1 is 1.08 bits per heavy atom. The van der Waals surface area contributed by atoms with Gasteiger partial charge in [0.2, 0.25) is 0 Å². The van der Waals surface area contributed by atoms with Gasteiger partial charge >= 0.3 is 6.03 Å². The number of aliphatic imine (C=N–C) groups is 1. The number of likely N-dealkylation sites (tertiary alicyclic amines) is 1. The predicted molar refractivity (Wildman–Crippen MR) is 147 cm³/mol. The van der Waals surface area contributed by atoms with Crippen LogP contribution in [0.15, 0.2) is 65.0 Å². The first-order valence-corrected chi connectivity index (χ1v) is 13.4. The highest BCUT2D eigenvalue weighted by Gasteiger charge is 2.54. The van der Waals surface area contributed by atoms with E-state index < -0.39 is 0 Å². The molecule has 0 aliphatic carbocycles. The Hall–Kier alpha value is -3.32. The number of benzene rings is 1. The van der Waals surface area contributed by atoms with Gasteiger partial charge in [0.05, 0.1) is 26.3 Å². The van der Waals surface area contributed by atoms with Crippen molar-refractivity contribution < 1.29 is 14.3 Å². The lowest BCUT2D eigenvalue weighted by molar-refractivity contribution is 0.0966. The molecule has 2 saturated heterocycles. The topological polar surface area (TPSA) is 57.6 Å². The van der Waals surface area contributed by atoms with Crippen molar-refractivity contribution in [3.8, 4) is 11.5 Å². The smallest absolute Gasteiger partial charge is 0.325 e. The van der Waals surface area contributed by atoms with E-state index in [1.165, 1.54) is 5.57 Å². The molecular formula is C30H38N4O3. The lowest BCUT2D eigenvalue weighted by atomic mass is 9.83. The molecule has 0 N–H and O–H groups in total. The van der Waals surface area contributed by atoms with Crippen molar-refractivity contribution in [2.45, 2.75) is 51.1 Å². The first kappa shape index (κ1) is 25.3. The zero-order valence-electron chi connectivity index (χ0n) is 22.3. The summed E-state index contributed by atoms with van der Waals surface area (Å²) < 4.78 is 11.2. The van der Waals surface area contributed by atoms with Crippen molar-refractivity contribution in [3.05, 3.63) is 71.1 Å². The molecule has 1 aromatic carbocycles. The third-order valence-electron chi connectivity index (χ3n) is 8.12. The van der Waals surface area contributed by atoms with Crippen LogP contribution < -0.4 is 9.47 Å². The summed E-state index contributed by atoms with van der Waals surface area (Å²) in [5, 5.41) is 0. The molecule has 5 rings (SSSR count). The van der Waals surface area contributed by atoms with Gasteiger partial charge in [-0.1, -0.05) is 36.0 Å². The van der Waals surface area contributed by atoms with Crippen LogP contribution in [0.25, 0.3) is 0 Å². The maximum atomic E-state index is 13.7. The lowest BCUT2D eigenvalue weighted by Crippen LogP contribution is -2.53. The van der Waals surface area contributed by atoms with Crippen molar-refractivity contribution >= 4 is 12.2 Å². The SMILES string of the molecule is CCN1C(=O)N2Cc3cc(OC)cc(OC)c3CC=C2C12CCN(C/C1=C/C=C\C/C=N\C=C/C1)CC2. The molecule has 2 amide bonds. The van der Waals surface area contributed by atoms with Crippen LogP contribution in [0, 0.1) is 0 Å². The number of methoxy groups -OCH3 is 2. The number of hydrogen-bond donors (Lipinski definition) is 0. The predicted octanol–water partition coefficient (Wildman–Crippen LogP) is 5.10. The molecule has 7 nitrogen and oxygen atoms in total. The maximum absolute atomic E-state index is 13.7. The first-order valence-electron chi connectivity index (χ1n) is 13.4. The normalized spacial score (nSPS) is 25.3. The van der Waals surface area contributed by atoms with Crippen molar-refractivity contribution in [2.24, 2.45) is 4.99 Å². The highest BCUT2D eigenvalue weighted by molar-refractivity contribution is 5.83. The van der Waals surface area contributed by atoms with Gasteiger partial charge in [-0.05, 0) is 44.2 Å². The van der Waals surface area contributed by atoms with Gasteiger partial charge < -0.3 is 14.4 Å². The van der Waals surface area contributed by atoms with E-state index in [4.69, 9.17) is 9.47 Å². The highest BCUT2D eigenvalue weighted by atomic mass is 16.5. The van der Waals surface area contributed by atoms with Gasteiger partial charge in [-0.15, -0.1) is 0 Å². The molecule has 2 fully saturated rings. The van der Waals surface area contributed by atoms with Crippen molar-refractivity contribution in [2.75, 3.05) is 40.4 Å². The molecule has 7 heteroatoms. The fourth-order valence-electron chi connectivity index (χ4n) is 6.24. The molecule has 0 unspecified atom stereocenters. The van der Waals surface area contributed by atoms with E-state index in [-0.39, 0.29) is 11.6 Å². The Labute approximate surface area is 220 Å². The molecule has 0 radical (unpaired) electrons. The van der Waals surface area contributed by atoms with Crippen LogP contribution in [0.4, 0.5) is 4.79 Å². The lowest BCUT2D eigenvalue weighted by Gasteiger charge is -2.44. The van der Waals surface area contributed by atoms with E-state index in [2.05, 4.69) is 52.1 Å². The van der Waals surface area contributed by atoms with E-state index in [1.807, 2.05) is 29.4 Å².